The lowest BCUT2D eigenvalue weighted by atomic mass is 10.2. The van der Waals surface area contributed by atoms with Crippen LogP contribution < -0.4 is 10.1 Å². The zero-order valence-electron chi connectivity index (χ0n) is 11.4. The summed E-state index contributed by atoms with van der Waals surface area (Å²) >= 11 is 3.10. The molecule has 22 heavy (non-hydrogen) atoms. The Bertz CT molecular complexity index is 709. The van der Waals surface area contributed by atoms with E-state index in [0.717, 1.165) is 12.1 Å². The van der Waals surface area contributed by atoms with Crippen molar-refractivity contribution in [2.75, 3.05) is 5.32 Å². The largest absolute Gasteiger partial charge is 0.478 e. The van der Waals surface area contributed by atoms with Crippen LogP contribution in [-0.4, -0.2) is 12.0 Å². The lowest BCUT2D eigenvalue weighted by molar-refractivity contribution is -0.122. The molecule has 0 bridgehead atoms. The fraction of sp³-hybridized carbons (Fsp3) is 0.133. The van der Waals surface area contributed by atoms with Crippen LogP contribution in [0.15, 0.2) is 40.9 Å². The SMILES string of the molecule is C[C@@H](Oc1ccc(Br)cc1F)C(=O)Nc1ccc(F)cc1F. The smallest absolute Gasteiger partial charge is 0.265 e. The van der Waals surface area contributed by atoms with Gasteiger partial charge in [-0.3, -0.25) is 4.79 Å². The number of anilines is 1. The number of hydrogen-bond acceptors (Lipinski definition) is 2. The molecule has 0 unspecified atom stereocenters. The van der Waals surface area contributed by atoms with Gasteiger partial charge in [-0.2, -0.15) is 0 Å². The highest BCUT2D eigenvalue weighted by molar-refractivity contribution is 9.10. The molecule has 0 radical (unpaired) electrons. The van der Waals surface area contributed by atoms with Crippen LogP contribution >= 0.6 is 15.9 Å². The summed E-state index contributed by atoms with van der Waals surface area (Å²) in [5.74, 6) is -3.09. The molecule has 0 aliphatic carbocycles. The number of benzene rings is 2. The standard InChI is InChI=1S/C15H11BrF3NO2/c1-8(22-14-5-2-9(16)6-12(14)19)15(21)20-13-4-3-10(17)7-11(13)18/h2-8H,1H3,(H,20,21)/t8-/m1/s1. The minimum atomic E-state index is -1.07. The Morgan fingerprint density at radius 3 is 2.50 bits per heavy atom. The number of hydrogen-bond donors (Lipinski definition) is 1. The predicted molar refractivity (Wildman–Crippen MR) is 79.2 cm³/mol. The molecule has 0 fully saturated rings. The maximum atomic E-state index is 13.6. The van der Waals surface area contributed by atoms with Crippen LogP contribution in [-0.2, 0) is 4.79 Å². The van der Waals surface area contributed by atoms with E-state index in [1.165, 1.54) is 19.1 Å². The van der Waals surface area contributed by atoms with Crippen LogP contribution in [0.4, 0.5) is 18.9 Å². The van der Waals surface area contributed by atoms with E-state index in [1.807, 2.05) is 0 Å². The zero-order chi connectivity index (χ0) is 16.3. The first kappa shape index (κ1) is 16.4. The third-order valence-electron chi connectivity index (χ3n) is 2.76. The molecule has 2 rings (SSSR count). The van der Waals surface area contributed by atoms with Crippen molar-refractivity contribution in [3.8, 4) is 5.75 Å². The summed E-state index contributed by atoms with van der Waals surface area (Å²) < 4.78 is 45.6. The van der Waals surface area contributed by atoms with Crippen molar-refractivity contribution in [2.24, 2.45) is 0 Å². The Labute approximate surface area is 133 Å². The second-order valence-corrected chi connectivity index (χ2v) is 5.36. The molecule has 3 nitrogen and oxygen atoms in total. The average Bonchev–Trinajstić information content (AvgIpc) is 2.44. The number of carbonyl (C=O) groups excluding carboxylic acids is 1. The minimum absolute atomic E-state index is 0.106. The molecule has 7 heteroatoms. The van der Waals surface area contributed by atoms with Crippen molar-refractivity contribution in [3.05, 3.63) is 58.3 Å². The Balaban J connectivity index is 2.05. The maximum absolute atomic E-state index is 13.6. The molecule has 0 saturated carbocycles. The third-order valence-corrected chi connectivity index (χ3v) is 3.25. The van der Waals surface area contributed by atoms with Crippen LogP contribution in [0.25, 0.3) is 0 Å². The summed E-state index contributed by atoms with van der Waals surface area (Å²) in [6.45, 7) is 1.39. The van der Waals surface area contributed by atoms with Gasteiger partial charge in [-0.1, -0.05) is 15.9 Å². The van der Waals surface area contributed by atoms with Crippen molar-refractivity contribution in [2.45, 2.75) is 13.0 Å². The van der Waals surface area contributed by atoms with Gasteiger partial charge in [-0.25, -0.2) is 13.2 Å². The fourth-order valence-electron chi connectivity index (χ4n) is 1.64. The molecule has 0 saturated heterocycles. The number of rotatable bonds is 4. The summed E-state index contributed by atoms with van der Waals surface area (Å²) in [7, 11) is 0. The molecule has 0 heterocycles. The second kappa shape index (κ2) is 6.83. The van der Waals surface area contributed by atoms with E-state index in [2.05, 4.69) is 21.2 Å². The highest BCUT2D eigenvalue weighted by Crippen LogP contribution is 2.23. The minimum Gasteiger partial charge on any atom is -0.478 e. The van der Waals surface area contributed by atoms with E-state index < -0.39 is 29.5 Å². The van der Waals surface area contributed by atoms with Crippen molar-refractivity contribution in [1.82, 2.24) is 0 Å². The monoisotopic (exact) mass is 373 g/mol. The summed E-state index contributed by atoms with van der Waals surface area (Å²) in [5, 5.41) is 2.25. The van der Waals surface area contributed by atoms with Gasteiger partial charge in [0.15, 0.2) is 17.7 Å². The van der Waals surface area contributed by atoms with Crippen LogP contribution in [0, 0.1) is 17.5 Å². The van der Waals surface area contributed by atoms with Crippen molar-refractivity contribution in [3.63, 3.8) is 0 Å². The summed E-state index contributed by atoms with van der Waals surface area (Å²) in [6, 6.07) is 6.87. The van der Waals surface area contributed by atoms with Crippen molar-refractivity contribution >= 4 is 27.5 Å². The molecule has 2 aromatic carbocycles. The fourth-order valence-corrected chi connectivity index (χ4v) is 1.97. The van der Waals surface area contributed by atoms with Gasteiger partial charge in [0.05, 0.1) is 5.69 Å². The van der Waals surface area contributed by atoms with Gasteiger partial charge in [0.2, 0.25) is 0 Å². The Hall–Kier alpha value is -2.02. The van der Waals surface area contributed by atoms with E-state index in [9.17, 15) is 18.0 Å². The molecule has 1 atom stereocenters. The highest BCUT2D eigenvalue weighted by Gasteiger charge is 2.18. The summed E-state index contributed by atoms with van der Waals surface area (Å²) in [5.41, 5.74) is -0.182. The van der Waals surface area contributed by atoms with E-state index in [0.29, 0.717) is 10.5 Å². The number of halogens is 4. The lowest BCUT2D eigenvalue weighted by Crippen LogP contribution is -2.30. The van der Waals surface area contributed by atoms with Crippen LogP contribution in [0.1, 0.15) is 6.92 Å². The molecule has 1 N–H and O–H groups in total. The van der Waals surface area contributed by atoms with Gasteiger partial charge in [0, 0.05) is 10.5 Å². The Morgan fingerprint density at radius 1 is 1.14 bits per heavy atom. The third kappa shape index (κ3) is 4.00. The lowest BCUT2D eigenvalue weighted by Gasteiger charge is -2.15. The van der Waals surface area contributed by atoms with Gasteiger partial charge >= 0.3 is 0 Å². The van der Waals surface area contributed by atoms with E-state index in [1.54, 1.807) is 6.07 Å². The quantitative estimate of drug-likeness (QED) is 0.868. The topological polar surface area (TPSA) is 38.3 Å². The first-order chi connectivity index (χ1) is 10.4. The molecule has 0 aromatic heterocycles. The first-order valence-electron chi connectivity index (χ1n) is 6.24. The van der Waals surface area contributed by atoms with Gasteiger partial charge in [-0.05, 0) is 37.3 Å². The number of carbonyl (C=O) groups is 1. The molecular weight excluding hydrogens is 363 g/mol. The van der Waals surface area contributed by atoms with E-state index in [-0.39, 0.29) is 11.4 Å². The normalized spacial score (nSPS) is 11.9. The van der Waals surface area contributed by atoms with Crippen LogP contribution in [0.3, 0.4) is 0 Å². The predicted octanol–water partition coefficient (Wildman–Crippen LogP) is 4.27. The molecule has 0 aliphatic rings. The van der Waals surface area contributed by atoms with Crippen LogP contribution in [0.2, 0.25) is 0 Å². The number of nitrogens with one attached hydrogen (secondary N) is 1. The van der Waals surface area contributed by atoms with Gasteiger partial charge < -0.3 is 10.1 Å². The number of amides is 1. The highest BCUT2D eigenvalue weighted by atomic mass is 79.9. The molecular formula is C15H11BrF3NO2. The van der Waals surface area contributed by atoms with Gasteiger partial charge in [0.1, 0.15) is 11.6 Å². The molecule has 0 spiro atoms. The Kier molecular flexibility index (Phi) is 5.07. The average molecular weight is 374 g/mol. The van der Waals surface area contributed by atoms with Gasteiger partial charge in [0.25, 0.3) is 5.91 Å². The van der Waals surface area contributed by atoms with Crippen molar-refractivity contribution < 1.29 is 22.7 Å². The van der Waals surface area contributed by atoms with Crippen LogP contribution in [0.5, 0.6) is 5.75 Å². The van der Waals surface area contributed by atoms with E-state index >= 15 is 0 Å². The van der Waals surface area contributed by atoms with E-state index in [4.69, 9.17) is 4.74 Å². The Morgan fingerprint density at radius 2 is 1.86 bits per heavy atom. The molecule has 1 amide bonds. The number of ether oxygens (including phenoxy) is 1. The molecule has 116 valence electrons. The maximum Gasteiger partial charge on any atom is 0.265 e. The summed E-state index contributed by atoms with van der Waals surface area (Å²) in [4.78, 5) is 11.9. The first-order valence-corrected chi connectivity index (χ1v) is 7.03. The van der Waals surface area contributed by atoms with Gasteiger partial charge in [-0.15, -0.1) is 0 Å². The molecule has 2 aromatic rings. The summed E-state index contributed by atoms with van der Waals surface area (Å²) in [6.07, 6.45) is -1.07. The zero-order valence-corrected chi connectivity index (χ0v) is 13.0. The second-order valence-electron chi connectivity index (χ2n) is 4.45. The molecule has 0 aliphatic heterocycles. The van der Waals surface area contributed by atoms with Crippen molar-refractivity contribution in [1.29, 1.82) is 0 Å².